The predicted molar refractivity (Wildman–Crippen MR) is 93.3 cm³/mol. The Morgan fingerprint density at radius 1 is 1.17 bits per heavy atom. The maximum Gasteiger partial charge on any atom is 0.244 e. The van der Waals surface area contributed by atoms with Gasteiger partial charge in [-0.05, 0) is 54.7 Å². The van der Waals surface area contributed by atoms with Gasteiger partial charge in [-0.2, -0.15) is 0 Å². The predicted octanol–water partition coefficient (Wildman–Crippen LogP) is 4.07. The van der Waals surface area contributed by atoms with E-state index in [1.165, 1.54) is 0 Å². The van der Waals surface area contributed by atoms with Gasteiger partial charge in [0.05, 0.1) is 10.0 Å². The summed E-state index contributed by atoms with van der Waals surface area (Å²) in [5.41, 5.74) is 8.33. The summed E-state index contributed by atoms with van der Waals surface area (Å²) < 4.78 is 41.3. The lowest BCUT2D eigenvalue weighted by Crippen LogP contribution is -2.31. The Morgan fingerprint density at radius 2 is 1.83 bits per heavy atom. The second kappa shape index (κ2) is 6.52. The van der Waals surface area contributed by atoms with Crippen LogP contribution in [0.15, 0.2) is 35.2 Å². The number of halogens is 3. The monoisotopic (exact) mass is 388 g/mol. The average Bonchev–Trinajstić information content (AvgIpc) is 2.45. The first-order valence-electron chi connectivity index (χ1n) is 7.33. The molecule has 0 amide bonds. The van der Waals surface area contributed by atoms with Gasteiger partial charge in [-0.15, -0.1) is 0 Å². The zero-order chi connectivity index (χ0) is 17.5. The second-order valence-electron chi connectivity index (χ2n) is 5.72. The van der Waals surface area contributed by atoms with Crippen molar-refractivity contribution in [3.63, 3.8) is 0 Å². The molecule has 0 saturated heterocycles. The minimum atomic E-state index is -4.00. The third-order valence-electron chi connectivity index (χ3n) is 4.01. The molecule has 8 heteroatoms. The first kappa shape index (κ1) is 17.5. The molecule has 1 atom stereocenters. The third-order valence-corrected chi connectivity index (χ3v) is 6.40. The molecule has 24 heavy (non-hydrogen) atoms. The van der Waals surface area contributed by atoms with Gasteiger partial charge in [0.15, 0.2) is 0 Å². The summed E-state index contributed by atoms with van der Waals surface area (Å²) in [6.45, 7) is 0. The standard InChI is InChI=1S/C16H15Cl2FN2O2S/c17-13-7-10(19)8-14(18)16(13)24(22,23)21-15-3-1-2-9-6-11(20)4-5-12(9)15/h4-8,15,21H,1-3,20H2. The summed E-state index contributed by atoms with van der Waals surface area (Å²) >= 11 is 11.8. The van der Waals surface area contributed by atoms with Crippen molar-refractivity contribution in [2.45, 2.75) is 30.2 Å². The van der Waals surface area contributed by atoms with Crippen LogP contribution in [0.25, 0.3) is 0 Å². The highest BCUT2D eigenvalue weighted by Gasteiger charge is 2.29. The Kier molecular flexibility index (Phi) is 4.75. The molecule has 128 valence electrons. The topological polar surface area (TPSA) is 72.2 Å². The van der Waals surface area contributed by atoms with E-state index in [1.54, 1.807) is 6.07 Å². The lowest BCUT2D eigenvalue weighted by atomic mass is 9.88. The number of sulfonamides is 1. The van der Waals surface area contributed by atoms with E-state index in [-0.39, 0.29) is 14.9 Å². The fraction of sp³-hybridized carbons (Fsp3) is 0.250. The minimum Gasteiger partial charge on any atom is -0.399 e. The molecular formula is C16H15Cl2FN2O2S. The van der Waals surface area contributed by atoms with E-state index < -0.39 is 21.9 Å². The van der Waals surface area contributed by atoms with Crippen molar-refractivity contribution >= 4 is 38.9 Å². The first-order chi connectivity index (χ1) is 11.3. The molecule has 3 N–H and O–H groups in total. The molecule has 2 aromatic carbocycles. The summed E-state index contributed by atoms with van der Waals surface area (Å²) in [7, 11) is -4.00. The normalized spacial score (nSPS) is 17.5. The van der Waals surface area contributed by atoms with Crippen molar-refractivity contribution in [2.75, 3.05) is 5.73 Å². The molecule has 0 fully saturated rings. The number of nitrogens with two attached hydrogens (primary N) is 1. The van der Waals surface area contributed by atoms with E-state index in [0.29, 0.717) is 12.1 Å². The molecule has 1 aliphatic rings. The van der Waals surface area contributed by atoms with Gasteiger partial charge in [0.25, 0.3) is 0 Å². The van der Waals surface area contributed by atoms with Gasteiger partial charge in [-0.3, -0.25) is 0 Å². The molecule has 0 saturated carbocycles. The Balaban J connectivity index is 1.98. The SMILES string of the molecule is Nc1ccc2c(c1)CCCC2NS(=O)(=O)c1c(Cl)cc(F)cc1Cl. The molecular weight excluding hydrogens is 374 g/mol. The van der Waals surface area contributed by atoms with Crippen molar-refractivity contribution in [3.8, 4) is 0 Å². The van der Waals surface area contributed by atoms with E-state index in [0.717, 1.165) is 36.1 Å². The zero-order valence-electron chi connectivity index (χ0n) is 12.5. The quantitative estimate of drug-likeness (QED) is 0.778. The van der Waals surface area contributed by atoms with E-state index in [9.17, 15) is 12.8 Å². The van der Waals surface area contributed by atoms with Crippen LogP contribution in [0.5, 0.6) is 0 Å². The van der Waals surface area contributed by atoms with Crippen LogP contribution in [-0.2, 0) is 16.4 Å². The molecule has 4 nitrogen and oxygen atoms in total. The van der Waals surface area contributed by atoms with Crippen LogP contribution in [0.4, 0.5) is 10.1 Å². The number of benzene rings is 2. The summed E-state index contributed by atoms with van der Waals surface area (Å²) in [6, 6.07) is 6.87. The summed E-state index contributed by atoms with van der Waals surface area (Å²) in [5, 5.41) is -0.498. The average molecular weight is 389 g/mol. The highest BCUT2D eigenvalue weighted by molar-refractivity contribution is 7.89. The van der Waals surface area contributed by atoms with Crippen molar-refractivity contribution in [1.29, 1.82) is 0 Å². The van der Waals surface area contributed by atoms with E-state index in [2.05, 4.69) is 4.72 Å². The number of nitrogens with one attached hydrogen (secondary N) is 1. The smallest absolute Gasteiger partial charge is 0.244 e. The van der Waals surface area contributed by atoms with E-state index in [4.69, 9.17) is 28.9 Å². The Morgan fingerprint density at radius 3 is 2.50 bits per heavy atom. The number of hydrogen-bond acceptors (Lipinski definition) is 3. The van der Waals surface area contributed by atoms with Gasteiger partial charge >= 0.3 is 0 Å². The van der Waals surface area contributed by atoms with Crippen LogP contribution < -0.4 is 10.5 Å². The van der Waals surface area contributed by atoms with E-state index >= 15 is 0 Å². The van der Waals surface area contributed by atoms with Gasteiger partial charge in [0.1, 0.15) is 10.7 Å². The largest absolute Gasteiger partial charge is 0.399 e. The molecule has 0 heterocycles. The zero-order valence-corrected chi connectivity index (χ0v) is 14.8. The molecule has 1 aliphatic carbocycles. The van der Waals surface area contributed by atoms with Crippen LogP contribution in [0.1, 0.15) is 30.0 Å². The number of rotatable bonds is 3. The van der Waals surface area contributed by atoms with Crippen LogP contribution >= 0.6 is 23.2 Å². The molecule has 1 unspecified atom stereocenters. The van der Waals surface area contributed by atoms with Gasteiger partial charge in [0, 0.05) is 11.7 Å². The lowest BCUT2D eigenvalue weighted by molar-refractivity contribution is 0.507. The maximum absolute atomic E-state index is 13.3. The number of aryl methyl sites for hydroxylation is 1. The second-order valence-corrected chi connectivity index (χ2v) is 8.19. The highest BCUT2D eigenvalue weighted by atomic mass is 35.5. The van der Waals surface area contributed by atoms with Gasteiger partial charge in [0.2, 0.25) is 10.0 Å². The number of nitrogen functional groups attached to an aromatic ring is 1. The van der Waals surface area contributed by atoms with Crippen LogP contribution in [0, 0.1) is 5.82 Å². The maximum atomic E-state index is 13.3. The van der Waals surface area contributed by atoms with Crippen molar-refractivity contribution < 1.29 is 12.8 Å². The molecule has 0 aliphatic heterocycles. The molecule has 0 bridgehead atoms. The molecule has 0 aromatic heterocycles. The lowest BCUT2D eigenvalue weighted by Gasteiger charge is -2.26. The van der Waals surface area contributed by atoms with Gasteiger partial charge < -0.3 is 5.73 Å². The Labute approximate surface area is 149 Å². The van der Waals surface area contributed by atoms with Crippen LogP contribution in [0.2, 0.25) is 10.0 Å². The van der Waals surface area contributed by atoms with Crippen molar-refractivity contribution in [1.82, 2.24) is 4.72 Å². The van der Waals surface area contributed by atoms with Crippen molar-refractivity contribution in [2.24, 2.45) is 0 Å². The first-order valence-corrected chi connectivity index (χ1v) is 9.57. The number of anilines is 1. The van der Waals surface area contributed by atoms with Crippen LogP contribution in [0.3, 0.4) is 0 Å². The fourth-order valence-corrected chi connectivity index (χ4v) is 5.43. The Bertz CT molecular complexity index is 880. The number of hydrogen-bond donors (Lipinski definition) is 2. The summed E-state index contributed by atoms with van der Waals surface area (Å²) in [4.78, 5) is -0.310. The third kappa shape index (κ3) is 3.37. The van der Waals surface area contributed by atoms with Crippen LogP contribution in [-0.4, -0.2) is 8.42 Å². The number of fused-ring (bicyclic) bond motifs is 1. The Hall–Kier alpha value is -1.34. The minimum absolute atomic E-state index is 0.249. The molecule has 2 aromatic rings. The fourth-order valence-electron chi connectivity index (χ4n) is 2.99. The van der Waals surface area contributed by atoms with Gasteiger partial charge in [-0.1, -0.05) is 29.3 Å². The van der Waals surface area contributed by atoms with Gasteiger partial charge in [-0.25, -0.2) is 17.5 Å². The van der Waals surface area contributed by atoms with Crippen molar-refractivity contribution in [3.05, 3.63) is 57.3 Å². The summed E-state index contributed by atoms with van der Waals surface area (Å²) in [6.07, 6.45) is 2.32. The molecule has 0 spiro atoms. The molecule has 0 radical (unpaired) electrons. The van der Waals surface area contributed by atoms with E-state index in [1.807, 2.05) is 12.1 Å². The highest BCUT2D eigenvalue weighted by Crippen LogP contribution is 2.35. The molecule has 3 rings (SSSR count). The summed E-state index contributed by atoms with van der Waals surface area (Å²) in [5.74, 6) is -0.692.